The van der Waals surface area contributed by atoms with Crippen molar-refractivity contribution in [3.05, 3.63) is 22.8 Å². The first-order chi connectivity index (χ1) is 9.57. The van der Waals surface area contributed by atoms with E-state index in [2.05, 4.69) is 10.4 Å². The first-order valence-electron chi connectivity index (χ1n) is 6.63. The number of aliphatic hydroxyl groups is 1. The number of carbonyl (C=O) groups is 1. The van der Waals surface area contributed by atoms with Crippen molar-refractivity contribution >= 4 is 23.3 Å². The van der Waals surface area contributed by atoms with Crippen LogP contribution in [0.25, 0.3) is 0 Å². The Kier molecular flexibility index (Phi) is 6.70. The molecule has 0 aliphatic carbocycles. The van der Waals surface area contributed by atoms with Crippen LogP contribution in [0.3, 0.4) is 0 Å². The van der Waals surface area contributed by atoms with Gasteiger partial charge in [0, 0.05) is 18.2 Å². The summed E-state index contributed by atoms with van der Waals surface area (Å²) >= 11 is 5.88. The van der Waals surface area contributed by atoms with Gasteiger partial charge in [0.25, 0.3) is 5.91 Å². The standard InChI is InChI=1S/C13H21ClN4O2/c1-3-10(4-2)18(5-6-19)13(20)9-7-11(14)16-12(8-9)17-15/h7-8,10,19H,3-6,15H2,1-2H3,(H,16,17). The fraction of sp³-hybridized carbons (Fsp3) is 0.538. The van der Waals surface area contributed by atoms with Crippen molar-refractivity contribution in [2.45, 2.75) is 32.7 Å². The molecule has 0 aromatic carbocycles. The Morgan fingerprint density at radius 2 is 2.15 bits per heavy atom. The lowest BCUT2D eigenvalue weighted by Crippen LogP contribution is -2.41. The van der Waals surface area contributed by atoms with Crippen molar-refractivity contribution in [1.82, 2.24) is 9.88 Å². The molecule has 0 fully saturated rings. The minimum atomic E-state index is -0.187. The van der Waals surface area contributed by atoms with Crippen LogP contribution in [0.5, 0.6) is 0 Å². The smallest absolute Gasteiger partial charge is 0.254 e. The number of aliphatic hydroxyl groups excluding tert-OH is 1. The van der Waals surface area contributed by atoms with E-state index < -0.39 is 0 Å². The van der Waals surface area contributed by atoms with Gasteiger partial charge in [-0.25, -0.2) is 10.8 Å². The van der Waals surface area contributed by atoms with Crippen molar-refractivity contribution in [1.29, 1.82) is 0 Å². The second-order valence-corrected chi connectivity index (χ2v) is 4.79. The maximum Gasteiger partial charge on any atom is 0.254 e. The van der Waals surface area contributed by atoms with Crippen molar-refractivity contribution in [3.63, 3.8) is 0 Å². The molecule has 0 bridgehead atoms. The Balaban J connectivity index is 3.08. The van der Waals surface area contributed by atoms with Crippen LogP contribution in [0.15, 0.2) is 12.1 Å². The number of hydrogen-bond donors (Lipinski definition) is 3. The topological polar surface area (TPSA) is 91.5 Å². The van der Waals surface area contributed by atoms with Gasteiger partial charge in [0.2, 0.25) is 0 Å². The van der Waals surface area contributed by atoms with E-state index in [1.165, 1.54) is 6.07 Å². The number of nitrogens with two attached hydrogens (primary N) is 1. The molecule has 112 valence electrons. The number of anilines is 1. The molecule has 6 nitrogen and oxygen atoms in total. The summed E-state index contributed by atoms with van der Waals surface area (Å²) in [6, 6.07) is 3.12. The molecule has 0 unspecified atom stereocenters. The minimum Gasteiger partial charge on any atom is -0.395 e. The molecule has 7 heteroatoms. The van der Waals surface area contributed by atoms with Gasteiger partial charge in [-0.3, -0.25) is 4.79 Å². The van der Waals surface area contributed by atoms with Crippen LogP contribution in [-0.4, -0.2) is 40.1 Å². The molecular weight excluding hydrogens is 280 g/mol. The van der Waals surface area contributed by atoms with Crippen molar-refractivity contribution < 1.29 is 9.90 Å². The zero-order chi connectivity index (χ0) is 15.1. The van der Waals surface area contributed by atoms with Gasteiger partial charge in [-0.05, 0) is 25.0 Å². The van der Waals surface area contributed by atoms with E-state index in [1.807, 2.05) is 13.8 Å². The molecule has 1 aromatic heterocycles. The Morgan fingerprint density at radius 1 is 1.50 bits per heavy atom. The molecule has 0 aliphatic rings. The molecule has 1 amide bonds. The molecule has 0 saturated carbocycles. The molecule has 1 aromatic rings. The summed E-state index contributed by atoms with van der Waals surface area (Å²) < 4.78 is 0. The molecule has 0 spiro atoms. The lowest BCUT2D eigenvalue weighted by atomic mass is 10.1. The van der Waals surface area contributed by atoms with Gasteiger partial charge in [0.15, 0.2) is 0 Å². The zero-order valence-corrected chi connectivity index (χ0v) is 12.5. The highest BCUT2D eigenvalue weighted by Crippen LogP contribution is 2.18. The molecule has 0 atom stereocenters. The summed E-state index contributed by atoms with van der Waals surface area (Å²) in [7, 11) is 0. The van der Waals surface area contributed by atoms with Crippen LogP contribution in [-0.2, 0) is 0 Å². The van der Waals surface area contributed by atoms with E-state index in [9.17, 15) is 4.79 Å². The number of pyridine rings is 1. The number of carbonyl (C=O) groups excluding carboxylic acids is 1. The second kappa shape index (κ2) is 8.04. The minimum absolute atomic E-state index is 0.0795. The number of hydrazine groups is 1. The number of rotatable bonds is 7. The van der Waals surface area contributed by atoms with Crippen LogP contribution < -0.4 is 11.3 Å². The highest BCUT2D eigenvalue weighted by atomic mass is 35.5. The third-order valence-corrected chi connectivity index (χ3v) is 3.37. The Bertz CT molecular complexity index is 452. The van der Waals surface area contributed by atoms with Gasteiger partial charge in [0.1, 0.15) is 11.0 Å². The van der Waals surface area contributed by atoms with Gasteiger partial charge >= 0.3 is 0 Å². The summed E-state index contributed by atoms with van der Waals surface area (Å²) in [6.07, 6.45) is 1.64. The number of amides is 1. The molecule has 0 radical (unpaired) electrons. The predicted molar refractivity (Wildman–Crippen MR) is 79.5 cm³/mol. The monoisotopic (exact) mass is 300 g/mol. The van der Waals surface area contributed by atoms with Crippen molar-refractivity contribution in [2.24, 2.45) is 5.84 Å². The molecule has 0 aliphatic heterocycles. The van der Waals surface area contributed by atoms with E-state index in [1.54, 1.807) is 11.0 Å². The lowest BCUT2D eigenvalue weighted by Gasteiger charge is -2.30. The van der Waals surface area contributed by atoms with Crippen molar-refractivity contribution in [3.8, 4) is 0 Å². The Morgan fingerprint density at radius 3 is 2.65 bits per heavy atom. The number of hydrogen-bond acceptors (Lipinski definition) is 5. The normalized spacial score (nSPS) is 10.7. The van der Waals surface area contributed by atoms with E-state index >= 15 is 0 Å². The van der Waals surface area contributed by atoms with Crippen LogP contribution in [0.2, 0.25) is 5.15 Å². The predicted octanol–water partition coefficient (Wildman–Crippen LogP) is 1.64. The number of aromatic nitrogens is 1. The third kappa shape index (κ3) is 4.06. The zero-order valence-electron chi connectivity index (χ0n) is 11.8. The van der Waals surface area contributed by atoms with E-state index in [-0.39, 0.29) is 30.3 Å². The lowest BCUT2D eigenvalue weighted by molar-refractivity contribution is 0.0622. The van der Waals surface area contributed by atoms with Crippen molar-refractivity contribution in [2.75, 3.05) is 18.6 Å². The summed E-state index contributed by atoms with van der Waals surface area (Å²) in [5.74, 6) is 5.44. The number of nitrogen functional groups attached to an aromatic ring is 1. The molecule has 1 rings (SSSR count). The van der Waals surface area contributed by atoms with E-state index in [4.69, 9.17) is 22.6 Å². The maximum atomic E-state index is 12.6. The van der Waals surface area contributed by atoms with Gasteiger partial charge in [-0.15, -0.1) is 0 Å². The molecular formula is C13H21ClN4O2. The maximum absolute atomic E-state index is 12.6. The average molecular weight is 301 g/mol. The van der Waals surface area contributed by atoms with Gasteiger partial charge in [-0.2, -0.15) is 0 Å². The second-order valence-electron chi connectivity index (χ2n) is 4.40. The number of nitrogens with one attached hydrogen (secondary N) is 1. The van der Waals surface area contributed by atoms with Crippen LogP contribution in [0.1, 0.15) is 37.0 Å². The first-order valence-corrected chi connectivity index (χ1v) is 7.01. The Labute approximate surface area is 123 Å². The van der Waals surface area contributed by atoms with Crippen LogP contribution in [0.4, 0.5) is 5.82 Å². The molecule has 20 heavy (non-hydrogen) atoms. The van der Waals surface area contributed by atoms with Gasteiger partial charge in [0.05, 0.1) is 6.61 Å². The molecule has 4 N–H and O–H groups in total. The first kappa shape index (κ1) is 16.7. The number of nitrogens with zero attached hydrogens (tertiary/aromatic N) is 2. The van der Waals surface area contributed by atoms with E-state index in [0.29, 0.717) is 11.4 Å². The summed E-state index contributed by atoms with van der Waals surface area (Å²) in [5.41, 5.74) is 2.78. The third-order valence-electron chi connectivity index (χ3n) is 3.17. The molecule has 1 heterocycles. The fourth-order valence-corrected chi connectivity index (χ4v) is 2.36. The average Bonchev–Trinajstić information content (AvgIpc) is 2.46. The quantitative estimate of drug-likeness (QED) is 0.404. The fourth-order valence-electron chi connectivity index (χ4n) is 2.15. The summed E-state index contributed by atoms with van der Waals surface area (Å²) in [6.45, 7) is 4.23. The van der Waals surface area contributed by atoms with Gasteiger partial charge < -0.3 is 15.4 Å². The largest absolute Gasteiger partial charge is 0.395 e. The van der Waals surface area contributed by atoms with E-state index in [0.717, 1.165) is 12.8 Å². The highest BCUT2D eigenvalue weighted by molar-refractivity contribution is 6.29. The highest BCUT2D eigenvalue weighted by Gasteiger charge is 2.22. The molecule has 0 saturated heterocycles. The van der Waals surface area contributed by atoms with Crippen LogP contribution >= 0.6 is 11.6 Å². The number of halogens is 1. The summed E-state index contributed by atoms with van der Waals surface area (Å²) in [4.78, 5) is 18.2. The van der Waals surface area contributed by atoms with Crippen LogP contribution in [0, 0.1) is 0 Å². The summed E-state index contributed by atoms with van der Waals surface area (Å²) in [5, 5.41) is 9.36. The Hall–Kier alpha value is -1.37. The SMILES string of the molecule is CCC(CC)N(CCO)C(=O)c1cc(Cl)nc(NN)c1. The van der Waals surface area contributed by atoms with Gasteiger partial charge in [-0.1, -0.05) is 25.4 Å².